The first-order chi connectivity index (χ1) is 13.2. The van der Waals surface area contributed by atoms with Gasteiger partial charge in [0.2, 0.25) is 0 Å². The predicted molar refractivity (Wildman–Crippen MR) is 111 cm³/mol. The summed E-state index contributed by atoms with van der Waals surface area (Å²) in [5.74, 6) is 2.95. The molecule has 2 aromatic heterocycles. The van der Waals surface area contributed by atoms with E-state index in [-0.39, 0.29) is 0 Å². The summed E-state index contributed by atoms with van der Waals surface area (Å²) >= 11 is 0. The Hall–Kier alpha value is -2.29. The summed E-state index contributed by atoms with van der Waals surface area (Å²) in [5, 5.41) is 0. The molecule has 142 valence electrons. The third kappa shape index (κ3) is 3.73. The molecule has 0 unspecified atom stereocenters. The van der Waals surface area contributed by atoms with Crippen molar-refractivity contribution in [3.8, 4) is 5.75 Å². The van der Waals surface area contributed by atoms with Crippen LogP contribution >= 0.6 is 0 Å². The number of rotatable bonds is 5. The molecule has 3 aromatic rings. The average molecular weight is 363 g/mol. The van der Waals surface area contributed by atoms with Crippen molar-refractivity contribution in [3.05, 3.63) is 65.7 Å². The molecule has 2 heterocycles. The van der Waals surface area contributed by atoms with E-state index in [1.807, 2.05) is 18.6 Å². The molecule has 4 rings (SSSR count). The molecule has 1 saturated carbocycles. The first kappa shape index (κ1) is 18.1. The van der Waals surface area contributed by atoms with Crippen LogP contribution in [0.15, 0.2) is 48.9 Å². The minimum Gasteiger partial charge on any atom is -0.497 e. The van der Waals surface area contributed by atoms with Crippen LogP contribution < -0.4 is 4.74 Å². The van der Waals surface area contributed by atoms with E-state index in [2.05, 4.69) is 53.6 Å². The molecule has 0 amide bonds. The summed E-state index contributed by atoms with van der Waals surface area (Å²) in [6.45, 7) is 4.59. The number of hydrogen-bond acceptors (Lipinski definition) is 2. The van der Waals surface area contributed by atoms with Crippen molar-refractivity contribution in [2.24, 2.45) is 5.92 Å². The molecular weight excluding hydrogens is 332 g/mol. The minimum atomic E-state index is 0.542. The zero-order valence-corrected chi connectivity index (χ0v) is 16.7. The van der Waals surface area contributed by atoms with Crippen LogP contribution in [0, 0.1) is 5.92 Å². The van der Waals surface area contributed by atoms with Gasteiger partial charge in [-0.15, -0.1) is 0 Å². The molecule has 27 heavy (non-hydrogen) atoms. The van der Waals surface area contributed by atoms with Crippen molar-refractivity contribution < 1.29 is 4.74 Å². The molecule has 3 nitrogen and oxygen atoms in total. The molecule has 0 saturated heterocycles. The van der Waals surface area contributed by atoms with Crippen LogP contribution in [0.3, 0.4) is 0 Å². The standard InChI is InChI=1S/C24H30N2O/c1-17(2)23-12-11-21-15-25-16-26(21)24(23)13-18-7-9-19(10-8-18)20-5-4-6-22(14-20)27-3/h4-6,11-12,14-19H,7-10,13H2,1-3H3/t18-,19-. The van der Waals surface area contributed by atoms with Crippen LogP contribution in [0.4, 0.5) is 0 Å². The number of ether oxygens (including phenoxy) is 1. The lowest BCUT2D eigenvalue weighted by Gasteiger charge is -2.30. The van der Waals surface area contributed by atoms with E-state index in [1.165, 1.54) is 48.0 Å². The van der Waals surface area contributed by atoms with Gasteiger partial charge in [-0.3, -0.25) is 0 Å². The SMILES string of the molecule is COc1cccc([C@H]2CC[C@H](Cc3c(C(C)C)ccc4cncn34)CC2)c1. The van der Waals surface area contributed by atoms with E-state index in [4.69, 9.17) is 4.74 Å². The van der Waals surface area contributed by atoms with Crippen LogP contribution in [0.2, 0.25) is 0 Å². The predicted octanol–water partition coefficient (Wildman–Crippen LogP) is 5.98. The van der Waals surface area contributed by atoms with Gasteiger partial charge in [0, 0.05) is 5.69 Å². The largest absolute Gasteiger partial charge is 0.497 e. The molecule has 1 fully saturated rings. The zero-order valence-electron chi connectivity index (χ0n) is 16.7. The third-order valence-corrected chi connectivity index (χ3v) is 6.24. The van der Waals surface area contributed by atoms with Crippen LogP contribution in [0.5, 0.6) is 5.75 Å². The summed E-state index contributed by atoms with van der Waals surface area (Å²) < 4.78 is 7.71. The van der Waals surface area contributed by atoms with E-state index in [0.29, 0.717) is 11.8 Å². The monoisotopic (exact) mass is 362 g/mol. The fourth-order valence-corrected chi connectivity index (χ4v) is 4.68. The van der Waals surface area contributed by atoms with Crippen LogP contribution in [0.1, 0.15) is 68.2 Å². The quantitative estimate of drug-likeness (QED) is 0.558. The van der Waals surface area contributed by atoms with E-state index >= 15 is 0 Å². The van der Waals surface area contributed by atoms with Gasteiger partial charge in [-0.25, -0.2) is 4.98 Å². The highest BCUT2D eigenvalue weighted by molar-refractivity contribution is 5.49. The Labute approximate surface area is 162 Å². The summed E-state index contributed by atoms with van der Waals surface area (Å²) in [6, 6.07) is 13.1. The Morgan fingerprint density at radius 2 is 1.93 bits per heavy atom. The van der Waals surface area contributed by atoms with Crippen molar-refractivity contribution in [2.75, 3.05) is 7.11 Å². The summed E-state index contributed by atoms with van der Waals surface area (Å²) in [6.07, 6.45) is 10.2. The topological polar surface area (TPSA) is 26.5 Å². The molecule has 0 spiro atoms. The lowest BCUT2D eigenvalue weighted by Crippen LogP contribution is -2.17. The van der Waals surface area contributed by atoms with Gasteiger partial charge >= 0.3 is 0 Å². The summed E-state index contributed by atoms with van der Waals surface area (Å²) in [7, 11) is 1.75. The lowest BCUT2D eigenvalue weighted by atomic mass is 9.76. The van der Waals surface area contributed by atoms with Gasteiger partial charge in [0.1, 0.15) is 5.75 Å². The molecule has 0 bridgehead atoms. The maximum absolute atomic E-state index is 5.41. The average Bonchev–Trinajstić information content (AvgIpc) is 3.18. The first-order valence-electron chi connectivity index (χ1n) is 10.2. The van der Waals surface area contributed by atoms with Crippen molar-refractivity contribution in [1.82, 2.24) is 9.38 Å². The summed E-state index contributed by atoms with van der Waals surface area (Å²) in [4.78, 5) is 4.37. The number of hydrogen-bond donors (Lipinski definition) is 0. The number of methoxy groups -OCH3 is 1. The van der Waals surface area contributed by atoms with Crippen LogP contribution in [-0.2, 0) is 6.42 Å². The summed E-state index contributed by atoms with van der Waals surface area (Å²) in [5.41, 5.74) is 5.58. The maximum Gasteiger partial charge on any atom is 0.119 e. The number of fused-ring (bicyclic) bond motifs is 1. The second-order valence-corrected chi connectivity index (χ2v) is 8.28. The van der Waals surface area contributed by atoms with Gasteiger partial charge in [0.25, 0.3) is 0 Å². The van der Waals surface area contributed by atoms with Gasteiger partial charge in [-0.1, -0.05) is 32.0 Å². The molecule has 1 aromatic carbocycles. The van der Waals surface area contributed by atoms with E-state index in [1.54, 1.807) is 7.11 Å². The van der Waals surface area contributed by atoms with Crippen LogP contribution in [0.25, 0.3) is 5.52 Å². The highest BCUT2D eigenvalue weighted by atomic mass is 16.5. The minimum absolute atomic E-state index is 0.542. The Balaban J connectivity index is 1.49. The van der Waals surface area contributed by atoms with Gasteiger partial charge in [-0.2, -0.15) is 0 Å². The zero-order chi connectivity index (χ0) is 18.8. The molecular formula is C24H30N2O. The molecule has 0 radical (unpaired) electrons. The highest BCUT2D eigenvalue weighted by Crippen LogP contribution is 2.38. The third-order valence-electron chi connectivity index (χ3n) is 6.24. The fourth-order valence-electron chi connectivity index (χ4n) is 4.68. The Kier molecular flexibility index (Phi) is 5.20. The number of nitrogens with zero attached hydrogens (tertiary/aromatic N) is 2. The lowest BCUT2D eigenvalue weighted by molar-refractivity contribution is 0.320. The number of imidazole rings is 1. The van der Waals surface area contributed by atoms with Gasteiger partial charge in [-0.05, 0) is 79.2 Å². The molecule has 0 N–H and O–H groups in total. The number of pyridine rings is 1. The van der Waals surface area contributed by atoms with Gasteiger partial charge < -0.3 is 9.14 Å². The smallest absolute Gasteiger partial charge is 0.119 e. The Morgan fingerprint density at radius 3 is 2.67 bits per heavy atom. The molecule has 1 aliphatic carbocycles. The molecule has 0 aliphatic heterocycles. The van der Waals surface area contributed by atoms with Gasteiger partial charge in [0.15, 0.2) is 0 Å². The maximum atomic E-state index is 5.41. The molecule has 1 aliphatic rings. The van der Waals surface area contributed by atoms with E-state index < -0.39 is 0 Å². The van der Waals surface area contributed by atoms with Crippen molar-refractivity contribution in [2.45, 2.75) is 57.8 Å². The molecule has 3 heteroatoms. The second kappa shape index (κ2) is 7.75. The van der Waals surface area contributed by atoms with Gasteiger partial charge in [0.05, 0.1) is 25.2 Å². The first-order valence-corrected chi connectivity index (χ1v) is 10.2. The second-order valence-electron chi connectivity index (χ2n) is 8.28. The van der Waals surface area contributed by atoms with Crippen molar-refractivity contribution >= 4 is 5.52 Å². The van der Waals surface area contributed by atoms with Crippen molar-refractivity contribution in [1.29, 1.82) is 0 Å². The Morgan fingerprint density at radius 1 is 1.11 bits per heavy atom. The van der Waals surface area contributed by atoms with E-state index in [0.717, 1.165) is 18.1 Å². The van der Waals surface area contributed by atoms with E-state index in [9.17, 15) is 0 Å². The molecule has 0 atom stereocenters. The number of benzene rings is 1. The normalized spacial score (nSPS) is 20.3. The van der Waals surface area contributed by atoms with Crippen LogP contribution in [-0.4, -0.2) is 16.5 Å². The number of aromatic nitrogens is 2. The highest BCUT2D eigenvalue weighted by Gasteiger charge is 2.24. The van der Waals surface area contributed by atoms with Crippen molar-refractivity contribution in [3.63, 3.8) is 0 Å². The fraction of sp³-hybridized carbons (Fsp3) is 0.458. The Bertz CT molecular complexity index is 904.